The number of terminal acetylenes is 1. The van der Waals surface area contributed by atoms with Gasteiger partial charge in [0.1, 0.15) is 6.10 Å². The zero-order chi connectivity index (χ0) is 7.82. The second-order valence-electron chi connectivity index (χ2n) is 2.07. The molecule has 10 heavy (non-hydrogen) atoms. The quantitative estimate of drug-likeness (QED) is 0.417. The van der Waals surface area contributed by atoms with Crippen LogP contribution < -0.4 is 0 Å². The monoisotopic (exact) mass is 138 g/mol. The van der Waals surface area contributed by atoms with Crippen LogP contribution in [0.1, 0.15) is 19.8 Å². The van der Waals surface area contributed by atoms with E-state index in [-0.39, 0.29) is 6.10 Å². The predicted octanol–water partition coefficient (Wildman–Crippen LogP) is 1.99. The first-order chi connectivity index (χ1) is 4.85. The molecule has 1 atom stereocenters. The maximum absolute atomic E-state index is 5.23. The van der Waals surface area contributed by atoms with Crippen LogP contribution in [-0.2, 0) is 4.74 Å². The lowest BCUT2D eigenvalue weighted by Crippen LogP contribution is -2.09. The van der Waals surface area contributed by atoms with Crippen LogP contribution >= 0.6 is 0 Å². The van der Waals surface area contributed by atoms with Gasteiger partial charge in [-0.25, -0.2) is 0 Å². The normalized spacial score (nSPS) is 12.0. The molecular formula is C9H14O. The van der Waals surface area contributed by atoms with Gasteiger partial charge in [0.25, 0.3) is 0 Å². The van der Waals surface area contributed by atoms with Crippen molar-refractivity contribution in [3.05, 3.63) is 12.7 Å². The molecule has 1 heteroatoms. The zero-order valence-corrected chi connectivity index (χ0v) is 6.47. The highest BCUT2D eigenvalue weighted by atomic mass is 16.5. The van der Waals surface area contributed by atoms with Crippen molar-refractivity contribution >= 4 is 0 Å². The molecule has 0 bridgehead atoms. The molecule has 0 saturated heterocycles. The van der Waals surface area contributed by atoms with Crippen molar-refractivity contribution in [1.29, 1.82) is 0 Å². The Balaban J connectivity index is 3.41. The van der Waals surface area contributed by atoms with E-state index in [0.717, 1.165) is 12.8 Å². The van der Waals surface area contributed by atoms with E-state index >= 15 is 0 Å². The van der Waals surface area contributed by atoms with E-state index in [1.54, 1.807) is 6.08 Å². The van der Waals surface area contributed by atoms with Crippen molar-refractivity contribution in [2.24, 2.45) is 0 Å². The lowest BCUT2D eigenvalue weighted by atomic mass is 10.2. The van der Waals surface area contributed by atoms with Crippen LogP contribution in [0, 0.1) is 12.3 Å². The van der Waals surface area contributed by atoms with Crippen molar-refractivity contribution in [3.8, 4) is 12.3 Å². The van der Waals surface area contributed by atoms with Crippen LogP contribution in [0.3, 0.4) is 0 Å². The lowest BCUT2D eigenvalue weighted by molar-refractivity contribution is 0.109. The molecule has 0 heterocycles. The summed E-state index contributed by atoms with van der Waals surface area (Å²) < 4.78 is 5.23. The molecule has 0 N–H and O–H groups in total. The van der Waals surface area contributed by atoms with Gasteiger partial charge in [-0.15, -0.1) is 13.0 Å². The highest BCUT2D eigenvalue weighted by molar-refractivity contribution is 4.94. The second kappa shape index (κ2) is 6.38. The maximum Gasteiger partial charge on any atom is 0.118 e. The van der Waals surface area contributed by atoms with Gasteiger partial charge in [0.05, 0.1) is 6.61 Å². The van der Waals surface area contributed by atoms with Crippen molar-refractivity contribution in [2.45, 2.75) is 25.9 Å². The van der Waals surface area contributed by atoms with E-state index in [1.807, 2.05) is 0 Å². The molecule has 0 spiro atoms. The van der Waals surface area contributed by atoms with Crippen molar-refractivity contribution in [1.82, 2.24) is 0 Å². The molecule has 1 unspecified atom stereocenters. The highest BCUT2D eigenvalue weighted by Crippen LogP contribution is 1.99. The summed E-state index contributed by atoms with van der Waals surface area (Å²) in [7, 11) is 0. The molecule has 0 aliphatic heterocycles. The Morgan fingerprint density at radius 2 is 2.50 bits per heavy atom. The molecule has 1 nitrogen and oxygen atoms in total. The molecule has 0 aromatic heterocycles. The van der Waals surface area contributed by atoms with Crippen molar-refractivity contribution in [2.75, 3.05) is 6.61 Å². The summed E-state index contributed by atoms with van der Waals surface area (Å²) >= 11 is 0. The zero-order valence-electron chi connectivity index (χ0n) is 6.47. The highest BCUT2D eigenvalue weighted by Gasteiger charge is 2.00. The Morgan fingerprint density at radius 3 is 2.90 bits per heavy atom. The Bertz CT molecular complexity index is 121. The summed E-state index contributed by atoms with van der Waals surface area (Å²) in [5.41, 5.74) is 0. The first kappa shape index (κ1) is 9.26. The van der Waals surface area contributed by atoms with Crippen molar-refractivity contribution in [3.63, 3.8) is 0 Å². The number of ether oxygens (including phenoxy) is 1. The largest absolute Gasteiger partial charge is 0.362 e. The van der Waals surface area contributed by atoms with Gasteiger partial charge in [-0.05, 0) is 6.42 Å². The van der Waals surface area contributed by atoms with Gasteiger partial charge in [0, 0.05) is 0 Å². The molecule has 0 aromatic carbocycles. The summed E-state index contributed by atoms with van der Waals surface area (Å²) in [6.45, 7) is 6.17. The Kier molecular flexibility index (Phi) is 5.91. The fourth-order valence-corrected chi connectivity index (χ4v) is 0.661. The van der Waals surface area contributed by atoms with E-state index in [0.29, 0.717) is 6.61 Å². The number of hydrogen-bond acceptors (Lipinski definition) is 1. The minimum absolute atomic E-state index is 0.0250. The van der Waals surface area contributed by atoms with Crippen LogP contribution in [0.15, 0.2) is 12.7 Å². The molecule has 0 aliphatic rings. The fourth-order valence-electron chi connectivity index (χ4n) is 0.661. The SMILES string of the molecule is C#CC(CCC)OCC=C. The standard InChI is InChI=1S/C9H14O/c1-4-7-9(6-3)10-8-5-2/h3,5,9H,2,4,7-8H2,1H3. The third-order valence-corrected chi connectivity index (χ3v) is 1.15. The third kappa shape index (κ3) is 4.17. The van der Waals surface area contributed by atoms with E-state index in [2.05, 4.69) is 19.4 Å². The van der Waals surface area contributed by atoms with Gasteiger partial charge in [-0.2, -0.15) is 0 Å². The second-order valence-corrected chi connectivity index (χ2v) is 2.07. The maximum atomic E-state index is 5.23. The van der Waals surface area contributed by atoms with Crippen LogP contribution in [0.2, 0.25) is 0 Å². The minimum Gasteiger partial charge on any atom is -0.362 e. The van der Waals surface area contributed by atoms with Crippen molar-refractivity contribution < 1.29 is 4.74 Å². The minimum atomic E-state index is -0.0250. The van der Waals surface area contributed by atoms with Gasteiger partial charge in [-0.1, -0.05) is 25.3 Å². The number of rotatable bonds is 5. The molecule has 0 aromatic rings. The predicted molar refractivity (Wildman–Crippen MR) is 43.7 cm³/mol. The molecule has 56 valence electrons. The van der Waals surface area contributed by atoms with Crippen LogP contribution in [0.5, 0.6) is 0 Å². The molecule has 0 aliphatic carbocycles. The fraction of sp³-hybridized carbons (Fsp3) is 0.556. The van der Waals surface area contributed by atoms with E-state index in [4.69, 9.17) is 11.2 Å². The van der Waals surface area contributed by atoms with Gasteiger partial charge < -0.3 is 4.74 Å². The molecule has 0 radical (unpaired) electrons. The molecule has 0 rings (SSSR count). The molecule has 0 saturated carbocycles. The summed E-state index contributed by atoms with van der Waals surface area (Å²) in [6.07, 6.45) is 8.87. The summed E-state index contributed by atoms with van der Waals surface area (Å²) in [5.74, 6) is 2.57. The van der Waals surface area contributed by atoms with E-state index < -0.39 is 0 Å². The Hall–Kier alpha value is -0.740. The average Bonchev–Trinajstić information content (AvgIpc) is 1.98. The third-order valence-electron chi connectivity index (χ3n) is 1.15. The van der Waals surface area contributed by atoms with Crippen LogP contribution in [0.25, 0.3) is 0 Å². The molecule has 0 fully saturated rings. The van der Waals surface area contributed by atoms with Gasteiger partial charge in [0.2, 0.25) is 0 Å². The Labute approximate surface area is 63.1 Å². The summed E-state index contributed by atoms with van der Waals surface area (Å²) in [5, 5.41) is 0. The van der Waals surface area contributed by atoms with E-state index in [1.165, 1.54) is 0 Å². The summed E-state index contributed by atoms with van der Waals surface area (Å²) in [4.78, 5) is 0. The first-order valence-electron chi connectivity index (χ1n) is 3.53. The van der Waals surface area contributed by atoms with Gasteiger partial charge >= 0.3 is 0 Å². The Morgan fingerprint density at radius 1 is 1.80 bits per heavy atom. The molecular weight excluding hydrogens is 124 g/mol. The van der Waals surface area contributed by atoms with Crippen LogP contribution in [0.4, 0.5) is 0 Å². The topological polar surface area (TPSA) is 9.23 Å². The smallest absolute Gasteiger partial charge is 0.118 e. The van der Waals surface area contributed by atoms with Gasteiger partial charge in [-0.3, -0.25) is 0 Å². The first-order valence-corrected chi connectivity index (χ1v) is 3.53. The van der Waals surface area contributed by atoms with Gasteiger partial charge in [0.15, 0.2) is 0 Å². The summed E-state index contributed by atoms with van der Waals surface area (Å²) in [6, 6.07) is 0. The number of hydrogen-bond donors (Lipinski definition) is 0. The molecule has 0 amide bonds. The lowest BCUT2D eigenvalue weighted by Gasteiger charge is -2.07. The van der Waals surface area contributed by atoms with Crippen LogP contribution in [-0.4, -0.2) is 12.7 Å². The van der Waals surface area contributed by atoms with E-state index in [9.17, 15) is 0 Å². The average molecular weight is 138 g/mol.